The third-order valence-electron chi connectivity index (χ3n) is 3.16. The van der Waals surface area contributed by atoms with Crippen LogP contribution >= 0.6 is 0 Å². The summed E-state index contributed by atoms with van der Waals surface area (Å²) in [4.78, 5) is 0. The van der Waals surface area contributed by atoms with Crippen LogP contribution in [-0.4, -0.2) is 0 Å². The van der Waals surface area contributed by atoms with Crippen molar-refractivity contribution in [2.75, 3.05) is 0 Å². The Balaban J connectivity index is 3.93. The van der Waals surface area contributed by atoms with E-state index in [1.54, 1.807) is 0 Å². The van der Waals surface area contributed by atoms with E-state index in [2.05, 4.69) is 45.6 Å². The van der Waals surface area contributed by atoms with Crippen LogP contribution in [0.5, 0.6) is 0 Å². The van der Waals surface area contributed by atoms with Gasteiger partial charge >= 0.3 is 0 Å². The molecule has 0 saturated heterocycles. The molecule has 15 heavy (non-hydrogen) atoms. The molecule has 2 unspecified atom stereocenters. The monoisotopic (exact) mass is 208 g/mol. The van der Waals surface area contributed by atoms with E-state index >= 15 is 0 Å². The zero-order chi connectivity index (χ0) is 11.5. The maximum absolute atomic E-state index is 3.30. The van der Waals surface area contributed by atoms with E-state index in [1.807, 2.05) is 0 Å². The van der Waals surface area contributed by atoms with Crippen LogP contribution in [0.15, 0.2) is 17.9 Å². The molecule has 0 radical (unpaired) electrons. The molecule has 0 heteroatoms. The molecule has 0 aromatic rings. The molecule has 0 rings (SSSR count). The maximum Gasteiger partial charge on any atom is -0.0244 e. The van der Waals surface area contributed by atoms with Crippen LogP contribution in [-0.2, 0) is 0 Å². The average Bonchev–Trinajstić information content (AvgIpc) is 2.23. The third kappa shape index (κ3) is 7.45. The Hall–Kier alpha value is -0.480. The summed E-state index contributed by atoms with van der Waals surface area (Å²) < 4.78 is 0. The normalized spacial score (nSPS) is 14.1. The van der Waals surface area contributed by atoms with Crippen molar-refractivity contribution >= 4 is 0 Å². The van der Waals surface area contributed by atoms with Crippen LogP contribution in [0.4, 0.5) is 0 Å². The van der Waals surface area contributed by atoms with Gasteiger partial charge in [-0.1, -0.05) is 53.4 Å². The summed E-state index contributed by atoms with van der Waals surface area (Å²) in [6, 6.07) is 0. The Labute approximate surface area is 96.5 Å². The van der Waals surface area contributed by atoms with Gasteiger partial charge in [-0.25, -0.2) is 0 Å². The number of unbranched alkanes of at least 4 members (excludes halogenated alkanes) is 1. The molecule has 0 aromatic heterocycles. The van der Waals surface area contributed by atoms with E-state index in [-0.39, 0.29) is 0 Å². The van der Waals surface area contributed by atoms with Crippen LogP contribution in [0.2, 0.25) is 0 Å². The first-order valence-corrected chi connectivity index (χ1v) is 6.65. The molecule has 0 fully saturated rings. The van der Waals surface area contributed by atoms with Crippen molar-refractivity contribution in [3.05, 3.63) is 17.9 Å². The molecule has 0 saturated carbocycles. The van der Waals surface area contributed by atoms with Gasteiger partial charge in [0.05, 0.1) is 0 Å². The van der Waals surface area contributed by atoms with Gasteiger partial charge in [0, 0.05) is 0 Å². The van der Waals surface area contributed by atoms with Crippen LogP contribution in [0.3, 0.4) is 0 Å². The first-order chi connectivity index (χ1) is 7.26. The van der Waals surface area contributed by atoms with Gasteiger partial charge in [0.2, 0.25) is 0 Å². The molecule has 0 N–H and O–H groups in total. The van der Waals surface area contributed by atoms with Crippen LogP contribution in [0, 0.1) is 11.8 Å². The van der Waals surface area contributed by atoms with E-state index in [0.29, 0.717) is 0 Å². The second-order valence-electron chi connectivity index (χ2n) is 4.53. The van der Waals surface area contributed by atoms with Crippen molar-refractivity contribution < 1.29 is 0 Å². The van der Waals surface area contributed by atoms with Crippen LogP contribution in [0.1, 0.15) is 66.2 Å². The molecule has 2 atom stereocenters. The van der Waals surface area contributed by atoms with Gasteiger partial charge in [-0.15, -0.1) is 5.73 Å². The van der Waals surface area contributed by atoms with Crippen molar-refractivity contribution in [1.82, 2.24) is 0 Å². The number of hydrogen-bond acceptors (Lipinski definition) is 0. The minimum absolute atomic E-state index is 0.854. The van der Waals surface area contributed by atoms with Gasteiger partial charge in [0.1, 0.15) is 0 Å². The zero-order valence-corrected chi connectivity index (χ0v) is 11.1. The summed E-state index contributed by atoms with van der Waals surface area (Å²) >= 11 is 0. The average molecular weight is 208 g/mol. The highest BCUT2D eigenvalue weighted by Crippen LogP contribution is 2.23. The molecule has 0 aromatic carbocycles. The topological polar surface area (TPSA) is 0 Å². The Morgan fingerprint density at radius 3 is 2.33 bits per heavy atom. The van der Waals surface area contributed by atoms with Crippen molar-refractivity contribution in [1.29, 1.82) is 0 Å². The smallest absolute Gasteiger partial charge is 0.0244 e. The lowest BCUT2D eigenvalue weighted by Crippen LogP contribution is -2.09. The van der Waals surface area contributed by atoms with Crippen LogP contribution < -0.4 is 0 Å². The fourth-order valence-corrected chi connectivity index (χ4v) is 2.02. The van der Waals surface area contributed by atoms with E-state index in [1.165, 1.54) is 32.1 Å². The maximum atomic E-state index is 3.30. The lowest BCUT2D eigenvalue weighted by Gasteiger charge is -2.20. The van der Waals surface area contributed by atoms with Crippen molar-refractivity contribution in [2.45, 2.75) is 66.2 Å². The van der Waals surface area contributed by atoms with E-state index in [9.17, 15) is 0 Å². The van der Waals surface area contributed by atoms with Gasteiger partial charge in [-0.05, 0) is 36.8 Å². The predicted octanol–water partition coefficient (Wildman–Crippen LogP) is 5.35. The molecule has 0 amide bonds. The number of allylic oxidation sites excluding steroid dienone is 1. The van der Waals surface area contributed by atoms with E-state index in [0.717, 1.165) is 18.3 Å². The molecule has 88 valence electrons. The second kappa shape index (κ2) is 10.1. The predicted molar refractivity (Wildman–Crippen MR) is 70.0 cm³/mol. The number of rotatable bonds is 8. The highest BCUT2D eigenvalue weighted by atomic mass is 14.2. The zero-order valence-electron chi connectivity index (χ0n) is 11.1. The van der Waals surface area contributed by atoms with Crippen molar-refractivity contribution in [3.63, 3.8) is 0 Å². The Morgan fingerprint density at radius 2 is 1.80 bits per heavy atom. The highest BCUT2D eigenvalue weighted by Gasteiger charge is 2.12. The highest BCUT2D eigenvalue weighted by molar-refractivity contribution is 4.86. The molecule has 0 aliphatic carbocycles. The SMILES string of the molecule is CCCC=C=CCC(CC)C(C)CCC. The van der Waals surface area contributed by atoms with Gasteiger partial charge in [0.25, 0.3) is 0 Å². The molecule has 0 aliphatic heterocycles. The first-order valence-electron chi connectivity index (χ1n) is 6.65. The molecular formula is C15H28. The lowest BCUT2D eigenvalue weighted by molar-refractivity contribution is 0.328. The summed E-state index contributed by atoms with van der Waals surface area (Å²) in [6.45, 7) is 9.18. The van der Waals surface area contributed by atoms with Crippen molar-refractivity contribution in [2.24, 2.45) is 11.8 Å². The summed E-state index contributed by atoms with van der Waals surface area (Å²) in [6.07, 6.45) is 12.0. The van der Waals surface area contributed by atoms with Gasteiger partial charge in [-0.2, -0.15) is 0 Å². The Bertz CT molecular complexity index is 184. The standard InChI is InChI=1S/C15H28/c1-5-8-9-10-11-13-15(7-3)14(4)12-6-2/h9,11,14-15H,5-8,12-13H2,1-4H3. The van der Waals surface area contributed by atoms with Gasteiger partial charge in [0.15, 0.2) is 0 Å². The molecule has 0 aliphatic rings. The third-order valence-corrected chi connectivity index (χ3v) is 3.16. The minimum atomic E-state index is 0.854. The molecular weight excluding hydrogens is 180 g/mol. The number of hydrogen-bond donors (Lipinski definition) is 0. The first kappa shape index (κ1) is 14.5. The van der Waals surface area contributed by atoms with E-state index in [4.69, 9.17) is 0 Å². The summed E-state index contributed by atoms with van der Waals surface area (Å²) in [5.41, 5.74) is 3.30. The van der Waals surface area contributed by atoms with Crippen LogP contribution in [0.25, 0.3) is 0 Å². The summed E-state index contributed by atoms with van der Waals surface area (Å²) in [5.74, 6) is 1.72. The minimum Gasteiger partial charge on any atom is -0.130 e. The lowest BCUT2D eigenvalue weighted by atomic mass is 9.86. The molecule has 0 bridgehead atoms. The summed E-state index contributed by atoms with van der Waals surface area (Å²) in [5, 5.41) is 0. The largest absolute Gasteiger partial charge is 0.130 e. The van der Waals surface area contributed by atoms with E-state index < -0.39 is 0 Å². The quantitative estimate of drug-likeness (QED) is 0.472. The molecule has 0 nitrogen and oxygen atoms in total. The van der Waals surface area contributed by atoms with Gasteiger partial charge < -0.3 is 0 Å². The Morgan fingerprint density at radius 1 is 1.07 bits per heavy atom. The fraction of sp³-hybridized carbons (Fsp3) is 0.800. The Kier molecular flexibility index (Phi) is 9.73. The fourth-order valence-electron chi connectivity index (χ4n) is 2.02. The second-order valence-corrected chi connectivity index (χ2v) is 4.53. The molecule has 0 spiro atoms. The summed E-state index contributed by atoms with van der Waals surface area (Å²) in [7, 11) is 0. The van der Waals surface area contributed by atoms with Crippen molar-refractivity contribution in [3.8, 4) is 0 Å². The van der Waals surface area contributed by atoms with Gasteiger partial charge in [-0.3, -0.25) is 0 Å². The molecule has 0 heterocycles.